The Balaban J connectivity index is 1.92. The number of nitrogens with zero attached hydrogens (tertiary/aromatic N) is 4. The van der Waals surface area contributed by atoms with Gasteiger partial charge in [0.15, 0.2) is 9.84 Å². The Morgan fingerprint density at radius 2 is 2.06 bits per heavy atom. The van der Waals surface area contributed by atoms with Crippen LogP contribution in [0, 0.1) is 0 Å². The largest absolute Gasteiger partial charge is 0.476 e. The molecule has 1 aromatic carbocycles. The van der Waals surface area contributed by atoms with Gasteiger partial charge in [-0.3, -0.25) is 14.6 Å². The summed E-state index contributed by atoms with van der Waals surface area (Å²) in [5.41, 5.74) is 1.82. The lowest BCUT2D eigenvalue weighted by molar-refractivity contribution is 0.0688. The van der Waals surface area contributed by atoms with Gasteiger partial charge in [-0.2, -0.15) is 5.10 Å². The van der Waals surface area contributed by atoms with E-state index in [1.165, 1.54) is 15.6 Å². The molecule has 182 valence electrons. The van der Waals surface area contributed by atoms with Gasteiger partial charge in [0.1, 0.15) is 5.69 Å². The van der Waals surface area contributed by atoms with Crippen molar-refractivity contribution in [1.82, 2.24) is 24.9 Å². The van der Waals surface area contributed by atoms with Crippen LogP contribution >= 0.6 is 11.6 Å². The molecule has 2 aromatic heterocycles. The van der Waals surface area contributed by atoms with Crippen molar-refractivity contribution in [3.63, 3.8) is 0 Å². The average Bonchev–Trinajstić information content (AvgIpc) is 3.34. The smallest absolute Gasteiger partial charge is 0.272 e. The molecule has 0 fully saturated rings. The minimum Gasteiger partial charge on any atom is -0.476 e. The van der Waals surface area contributed by atoms with Crippen LogP contribution in [-0.2, 0) is 21.6 Å². The first-order valence-corrected chi connectivity index (χ1v) is 12.7. The predicted octanol–water partition coefficient (Wildman–Crippen LogP) is 2.78. The number of hydrogen-bond donors (Lipinski definition) is 1. The van der Waals surface area contributed by atoms with Crippen molar-refractivity contribution in [2.75, 3.05) is 33.4 Å². The highest BCUT2D eigenvalue weighted by atomic mass is 35.5. The van der Waals surface area contributed by atoms with Gasteiger partial charge in [0, 0.05) is 26.0 Å². The van der Waals surface area contributed by atoms with Gasteiger partial charge in [0.25, 0.3) is 5.91 Å². The number of benzene rings is 1. The highest BCUT2D eigenvalue weighted by molar-refractivity contribution is 7.92. The number of hydrogen-bond acceptors (Lipinski definition) is 7. The number of fused-ring (bicyclic) bond motifs is 2. The van der Waals surface area contributed by atoms with E-state index in [4.69, 9.17) is 21.1 Å². The van der Waals surface area contributed by atoms with Crippen molar-refractivity contribution in [1.29, 1.82) is 0 Å². The van der Waals surface area contributed by atoms with Crippen LogP contribution in [0.25, 0.3) is 23.1 Å². The van der Waals surface area contributed by atoms with E-state index in [1.54, 1.807) is 39.2 Å². The zero-order valence-corrected chi connectivity index (χ0v) is 20.9. The highest BCUT2D eigenvalue weighted by Gasteiger charge is 2.27. The van der Waals surface area contributed by atoms with Crippen molar-refractivity contribution in [2.24, 2.45) is 7.05 Å². The highest BCUT2D eigenvalue weighted by Crippen LogP contribution is 2.32. The number of halogens is 1. The molecule has 0 aliphatic carbocycles. The summed E-state index contributed by atoms with van der Waals surface area (Å²) in [6, 6.07) is 2.97. The van der Waals surface area contributed by atoms with Crippen LogP contribution in [0.1, 0.15) is 35.6 Å². The summed E-state index contributed by atoms with van der Waals surface area (Å²) in [5, 5.41) is 11.5. The first-order chi connectivity index (χ1) is 16.1. The van der Waals surface area contributed by atoms with Crippen LogP contribution in [0.5, 0.6) is 5.88 Å². The lowest BCUT2D eigenvalue weighted by Crippen LogP contribution is -2.33. The molecule has 1 amide bonds. The molecule has 0 saturated carbocycles. The number of ether oxygens (including phenoxy) is 2. The van der Waals surface area contributed by atoms with Crippen LogP contribution in [-0.4, -0.2) is 77.9 Å². The Morgan fingerprint density at radius 3 is 2.79 bits per heavy atom. The van der Waals surface area contributed by atoms with Crippen LogP contribution in [0.4, 0.5) is 0 Å². The summed E-state index contributed by atoms with van der Waals surface area (Å²) in [4.78, 5) is 14.8. The molecule has 1 aliphatic rings. The van der Waals surface area contributed by atoms with Crippen molar-refractivity contribution >= 4 is 50.4 Å². The van der Waals surface area contributed by atoms with Gasteiger partial charge < -0.3 is 14.4 Å². The summed E-state index contributed by atoms with van der Waals surface area (Å²) < 4.78 is 39.1. The van der Waals surface area contributed by atoms with E-state index in [2.05, 4.69) is 15.3 Å². The summed E-state index contributed by atoms with van der Waals surface area (Å²) in [6.45, 7) is 4.20. The Kier molecular flexibility index (Phi) is 6.70. The third kappa shape index (κ3) is 4.30. The van der Waals surface area contributed by atoms with Gasteiger partial charge in [-0.25, -0.2) is 8.42 Å². The SMILES string of the molecule is CCOc1nn(C)c2c1/C=C/c1n[nH]c3c(Cl)cc(cc13)S(=O)(=O)[C@@H](C)COCCN(C)C2=O. The van der Waals surface area contributed by atoms with E-state index in [9.17, 15) is 13.2 Å². The topological polar surface area (TPSA) is 119 Å². The molecule has 2 bridgehead atoms. The van der Waals surface area contributed by atoms with Crippen LogP contribution in [0.15, 0.2) is 17.0 Å². The maximum Gasteiger partial charge on any atom is 0.272 e. The van der Waals surface area contributed by atoms with E-state index in [0.29, 0.717) is 40.3 Å². The monoisotopic (exact) mass is 507 g/mol. The van der Waals surface area contributed by atoms with Crippen LogP contribution < -0.4 is 4.74 Å². The summed E-state index contributed by atoms with van der Waals surface area (Å²) in [5.74, 6) is 0.0412. The number of aromatic amines is 1. The summed E-state index contributed by atoms with van der Waals surface area (Å²) >= 11 is 6.39. The van der Waals surface area contributed by atoms with Crippen molar-refractivity contribution in [3.8, 4) is 5.88 Å². The number of H-pyrrole nitrogens is 1. The zero-order chi connectivity index (χ0) is 24.6. The number of likely N-dealkylation sites (N-methyl/N-ethyl adjacent to an activating group) is 1. The molecule has 3 aromatic rings. The predicted molar refractivity (Wildman–Crippen MR) is 129 cm³/mol. The van der Waals surface area contributed by atoms with Crippen LogP contribution in [0.3, 0.4) is 0 Å². The molecule has 4 rings (SSSR count). The number of nitrogens with one attached hydrogen (secondary N) is 1. The Labute approximate surface area is 202 Å². The standard InChI is InChI=1S/C22H26ClN5O5S/c1-5-33-21-15-6-7-18-16-10-14(11-17(23)19(16)25-24-18)34(30,31)13(2)12-32-9-8-27(3)22(29)20(15)28(4)26-21/h6-7,10-11,13H,5,8-9,12H2,1-4H3,(H,24,25)/b7-6+/t13-/m0/s1. The van der Waals surface area contributed by atoms with E-state index in [0.717, 1.165) is 0 Å². The van der Waals surface area contributed by atoms with Gasteiger partial charge >= 0.3 is 0 Å². The van der Waals surface area contributed by atoms with Crippen LogP contribution in [0.2, 0.25) is 5.02 Å². The molecule has 12 heteroatoms. The molecular weight excluding hydrogens is 482 g/mol. The van der Waals surface area contributed by atoms with Crippen molar-refractivity contribution < 1.29 is 22.7 Å². The molecule has 10 nitrogen and oxygen atoms in total. The summed E-state index contributed by atoms with van der Waals surface area (Å²) in [7, 11) is -0.383. The molecule has 0 radical (unpaired) electrons. The minimum absolute atomic E-state index is 0.0242. The molecule has 0 unspecified atom stereocenters. The van der Waals surface area contributed by atoms with E-state index in [1.807, 2.05) is 6.92 Å². The first-order valence-electron chi connectivity index (χ1n) is 10.8. The second kappa shape index (κ2) is 9.40. The van der Waals surface area contributed by atoms with Crippen molar-refractivity contribution in [3.05, 3.63) is 34.1 Å². The fourth-order valence-electron chi connectivity index (χ4n) is 3.75. The van der Waals surface area contributed by atoms with E-state index < -0.39 is 15.1 Å². The van der Waals surface area contributed by atoms with E-state index >= 15 is 0 Å². The number of sulfone groups is 1. The number of rotatable bonds is 2. The Morgan fingerprint density at radius 1 is 1.29 bits per heavy atom. The number of amides is 1. The third-order valence-electron chi connectivity index (χ3n) is 5.70. The second-order valence-corrected chi connectivity index (χ2v) is 10.8. The third-order valence-corrected chi connectivity index (χ3v) is 8.08. The average molecular weight is 508 g/mol. The maximum atomic E-state index is 13.2. The van der Waals surface area contributed by atoms with Gasteiger partial charge in [-0.05, 0) is 38.1 Å². The lowest BCUT2D eigenvalue weighted by atomic mass is 10.1. The molecule has 1 atom stereocenters. The molecule has 0 spiro atoms. The molecule has 34 heavy (non-hydrogen) atoms. The number of carbonyl (C=O) groups excluding carboxylic acids is 1. The normalized spacial score (nSPS) is 20.0. The molecule has 0 saturated heterocycles. The number of aryl methyl sites for hydroxylation is 1. The Bertz CT molecular complexity index is 1380. The number of carbonyl (C=O) groups is 1. The second-order valence-electron chi connectivity index (χ2n) is 8.05. The fraction of sp³-hybridized carbons (Fsp3) is 0.409. The molecule has 1 aliphatic heterocycles. The number of aromatic nitrogens is 4. The minimum atomic E-state index is -3.71. The van der Waals surface area contributed by atoms with E-state index in [-0.39, 0.29) is 35.6 Å². The Hall–Kier alpha value is -2.89. The molecular formula is C22H26ClN5O5S. The van der Waals surface area contributed by atoms with Gasteiger partial charge in [-0.1, -0.05) is 11.6 Å². The molecule has 3 heterocycles. The first kappa shape index (κ1) is 24.2. The lowest BCUT2D eigenvalue weighted by Gasteiger charge is -2.19. The maximum absolute atomic E-state index is 13.2. The van der Waals surface area contributed by atoms with Gasteiger partial charge in [0.05, 0.1) is 51.8 Å². The quantitative estimate of drug-likeness (QED) is 0.566. The van der Waals surface area contributed by atoms with Gasteiger partial charge in [0.2, 0.25) is 5.88 Å². The summed E-state index contributed by atoms with van der Waals surface area (Å²) in [6.07, 6.45) is 3.37. The fourth-order valence-corrected chi connectivity index (χ4v) is 5.38. The van der Waals surface area contributed by atoms with Gasteiger partial charge in [-0.15, -0.1) is 5.10 Å². The zero-order valence-electron chi connectivity index (χ0n) is 19.3. The van der Waals surface area contributed by atoms with Crippen molar-refractivity contribution in [2.45, 2.75) is 24.0 Å². The molecule has 1 N–H and O–H groups in total.